The van der Waals surface area contributed by atoms with Gasteiger partial charge in [-0.3, -0.25) is 14.9 Å². The van der Waals surface area contributed by atoms with Crippen LogP contribution in [0, 0.1) is 0 Å². The van der Waals surface area contributed by atoms with E-state index in [0.717, 1.165) is 5.69 Å². The second kappa shape index (κ2) is 7.91. The van der Waals surface area contributed by atoms with E-state index in [1.807, 2.05) is 0 Å². The Morgan fingerprint density at radius 3 is 2.88 bits per heavy atom. The van der Waals surface area contributed by atoms with Crippen LogP contribution in [0.25, 0.3) is 0 Å². The number of ether oxygens (including phenoxy) is 1. The van der Waals surface area contributed by atoms with Crippen LogP contribution in [0.15, 0.2) is 12.5 Å². The van der Waals surface area contributed by atoms with Crippen molar-refractivity contribution in [2.75, 3.05) is 13.7 Å². The first-order valence-corrected chi connectivity index (χ1v) is 7.78. The number of esters is 1. The maximum absolute atomic E-state index is 12.5. The molecule has 1 fully saturated rings. The molecule has 132 valence electrons. The number of imidazole rings is 1. The first-order valence-electron chi connectivity index (χ1n) is 7.78. The standard InChI is InChI=1S/C15H22N4O5/c1-9(13(20)19-5-3-4-12(19)14(21)22)18-11(15(23)24-2)6-10-7-16-8-17-10/h7-9,11-12,18H,3-6H2,1-2H3,(H,16,17)(H,21,22)/t9-,11?,12-/m0/s1. The highest BCUT2D eigenvalue weighted by molar-refractivity contribution is 5.88. The van der Waals surface area contributed by atoms with Crippen LogP contribution >= 0.6 is 0 Å². The summed E-state index contributed by atoms with van der Waals surface area (Å²) in [6, 6.07) is -2.25. The van der Waals surface area contributed by atoms with Crippen molar-refractivity contribution < 1.29 is 24.2 Å². The summed E-state index contributed by atoms with van der Waals surface area (Å²) in [4.78, 5) is 43.9. The molecule has 0 bridgehead atoms. The van der Waals surface area contributed by atoms with E-state index in [2.05, 4.69) is 15.3 Å². The van der Waals surface area contributed by atoms with E-state index in [4.69, 9.17) is 4.74 Å². The number of nitrogens with zero attached hydrogens (tertiary/aromatic N) is 2. The fourth-order valence-corrected chi connectivity index (χ4v) is 2.88. The number of rotatable bonds is 7. The zero-order valence-corrected chi connectivity index (χ0v) is 13.7. The largest absolute Gasteiger partial charge is 0.480 e. The summed E-state index contributed by atoms with van der Waals surface area (Å²) >= 11 is 0. The maximum atomic E-state index is 12.5. The van der Waals surface area contributed by atoms with Gasteiger partial charge in [-0.25, -0.2) is 9.78 Å². The zero-order chi connectivity index (χ0) is 17.7. The van der Waals surface area contributed by atoms with Crippen LogP contribution in [-0.4, -0.2) is 69.6 Å². The van der Waals surface area contributed by atoms with Gasteiger partial charge in [-0.15, -0.1) is 0 Å². The fraction of sp³-hybridized carbons (Fsp3) is 0.600. The molecule has 1 aliphatic rings. The lowest BCUT2D eigenvalue weighted by atomic mass is 10.1. The fourth-order valence-electron chi connectivity index (χ4n) is 2.88. The van der Waals surface area contributed by atoms with Gasteiger partial charge in [0.15, 0.2) is 0 Å². The molecule has 2 heterocycles. The number of nitrogens with one attached hydrogen (secondary N) is 2. The number of amides is 1. The molecule has 1 aromatic heterocycles. The number of hydrogen-bond donors (Lipinski definition) is 3. The van der Waals surface area contributed by atoms with Gasteiger partial charge in [-0.2, -0.15) is 0 Å². The van der Waals surface area contributed by atoms with Crippen LogP contribution in [0.4, 0.5) is 0 Å². The normalized spacial score (nSPS) is 19.8. The number of carboxylic acids is 1. The summed E-state index contributed by atoms with van der Waals surface area (Å²) in [6.07, 6.45) is 4.48. The lowest BCUT2D eigenvalue weighted by Gasteiger charge is -2.27. The van der Waals surface area contributed by atoms with Gasteiger partial charge in [0.05, 0.1) is 19.5 Å². The zero-order valence-electron chi connectivity index (χ0n) is 13.7. The third-order valence-corrected chi connectivity index (χ3v) is 4.11. The Labute approximate surface area is 139 Å². The van der Waals surface area contributed by atoms with Crippen molar-refractivity contribution in [2.45, 2.75) is 44.3 Å². The molecule has 1 aliphatic heterocycles. The Balaban J connectivity index is 2.03. The van der Waals surface area contributed by atoms with Gasteiger partial charge in [0.25, 0.3) is 0 Å². The Morgan fingerprint density at radius 2 is 2.29 bits per heavy atom. The number of methoxy groups -OCH3 is 1. The summed E-state index contributed by atoms with van der Waals surface area (Å²) in [5.41, 5.74) is 0.724. The molecule has 1 unspecified atom stereocenters. The number of aromatic amines is 1. The first-order chi connectivity index (χ1) is 11.4. The molecule has 3 atom stereocenters. The molecule has 1 amide bonds. The SMILES string of the molecule is COC(=O)C(Cc1cnc[nH]1)N[C@@H](C)C(=O)N1CCC[C@H]1C(=O)O. The molecule has 1 aromatic rings. The van der Waals surface area contributed by atoms with Crippen molar-refractivity contribution in [1.82, 2.24) is 20.2 Å². The highest BCUT2D eigenvalue weighted by Gasteiger charge is 2.37. The molecule has 0 saturated carbocycles. The van der Waals surface area contributed by atoms with Crippen LogP contribution in [0.3, 0.4) is 0 Å². The number of carbonyl (C=O) groups is 3. The van der Waals surface area contributed by atoms with E-state index < -0.39 is 30.1 Å². The van der Waals surface area contributed by atoms with E-state index in [0.29, 0.717) is 19.4 Å². The van der Waals surface area contributed by atoms with Crippen LogP contribution in [0.5, 0.6) is 0 Å². The lowest BCUT2D eigenvalue weighted by Crippen LogP contribution is -2.53. The molecule has 0 spiro atoms. The van der Waals surface area contributed by atoms with Gasteiger partial charge in [0.2, 0.25) is 5.91 Å². The van der Waals surface area contributed by atoms with E-state index in [9.17, 15) is 19.5 Å². The van der Waals surface area contributed by atoms with Crippen LogP contribution in [-0.2, 0) is 25.5 Å². The molecule has 1 saturated heterocycles. The van der Waals surface area contributed by atoms with Crippen molar-refractivity contribution in [3.8, 4) is 0 Å². The first kappa shape index (κ1) is 17.9. The second-order valence-electron chi connectivity index (χ2n) is 5.77. The number of carbonyl (C=O) groups excluding carboxylic acids is 2. The van der Waals surface area contributed by atoms with Gasteiger partial charge in [-0.1, -0.05) is 0 Å². The molecular weight excluding hydrogens is 316 g/mol. The molecular formula is C15H22N4O5. The van der Waals surface area contributed by atoms with Gasteiger partial charge in [-0.05, 0) is 19.8 Å². The van der Waals surface area contributed by atoms with Crippen LogP contribution in [0.2, 0.25) is 0 Å². The summed E-state index contributed by atoms with van der Waals surface area (Å²) in [7, 11) is 1.28. The lowest BCUT2D eigenvalue weighted by molar-refractivity contribution is -0.149. The van der Waals surface area contributed by atoms with Crippen molar-refractivity contribution in [1.29, 1.82) is 0 Å². The summed E-state index contributed by atoms with van der Waals surface area (Å²) in [5, 5.41) is 12.1. The summed E-state index contributed by atoms with van der Waals surface area (Å²) < 4.78 is 4.77. The Kier molecular flexibility index (Phi) is 5.91. The minimum Gasteiger partial charge on any atom is -0.480 e. The minimum absolute atomic E-state index is 0.284. The van der Waals surface area contributed by atoms with Crippen LogP contribution < -0.4 is 5.32 Å². The minimum atomic E-state index is -1.00. The average Bonchev–Trinajstić information content (AvgIpc) is 3.23. The molecule has 9 heteroatoms. The van der Waals surface area contributed by atoms with Crippen molar-refractivity contribution >= 4 is 17.8 Å². The van der Waals surface area contributed by atoms with E-state index in [1.54, 1.807) is 13.1 Å². The van der Waals surface area contributed by atoms with E-state index in [-0.39, 0.29) is 12.3 Å². The Bertz CT molecular complexity index is 589. The van der Waals surface area contributed by atoms with Crippen LogP contribution in [0.1, 0.15) is 25.5 Å². The van der Waals surface area contributed by atoms with E-state index in [1.165, 1.54) is 18.3 Å². The number of aliphatic carboxylic acids is 1. The van der Waals surface area contributed by atoms with Gasteiger partial charge in [0, 0.05) is 24.9 Å². The number of hydrogen-bond acceptors (Lipinski definition) is 6. The molecule has 0 aliphatic carbocycles. The number of H-pyrrole nitrogens is 1. The van der Waals surface area contributed by atoms with Crippen molar-refractivity contribution in [3.05, 3.63) is 18.2 Å². The number of carboxylic acid groups (broad SMARTS) is 1. The smallest absolute Gasteiger partial charge is 0.326 e. The molecule has 3 N–H and O–H groups in total. The average molecular weight is 338 g/mol. The monoisotopic (exact) mass is 338 g/mol. The highest BCUT2D eigenvalue weighted by atomic mass is 16.5. The maximum Gasteiger partial charge on any atom is 0.326 e. The number of likely N-dealkylation sites (tertiary alicyclic amines) is 1. The molecule has 0 radical (unpaired) electrons. The highest BCUT2D eigenvalue weighted by Crippen LogP contribution is 2.18. The summed E-state index contributed by atoms with van der Waals surface area (Å²) in [6.45, 7) is 2.02. The Hall–Kier alpha value is -2.42. The predicted molar refractivity (Wildman–Crippen MR) is 83.1 cm³/mol. The predicted octanol–water partition coefficient (Wildman–Crippen LogP) is -0.452. The van der Waals surface area contributed by atoms with Gasteiger partial charge in [0.1, 0.15) is 12.1 Å². The second-order valence-corrected chi connectivity index (χ2v) is 5.77. The van der Waals surface area contributed by atoms with Gasteiger partial charge < -0.3 is 19.7 Å². The van der Waals surface area contributed by atoms with E-state index >= 15 is 0 Å². The summed E-state index contributed by atoms with van der Waals surface area (Å²) in [5.74, 6) is -1.84. The Morgan fingerprint density at radius 1 is 1.54 bits per heavy atom. The van der Waals surface area contributed by atoms with Crippen molar-refractivity contribution in [2.24, 2.45) is 0 Å². The molecule has 0 aromatic carbocycles. The third-order valence-electron chi connectivity index (χ3n) is 4.11. The van der Waals surface area contributed by atoms with Gasteiger partial charge >= 0.3 is 11.9 Å². The quantitative estimate of drug-likeness (QED) is 0.575. The molecule has 9 nitrogen and oxygen atoms in total. The molecule has 24 heavy (non-hydrogen) atoms. The number of aromatic nitrogens is 2. The topological polar surface area (TPSA) is 125 Å². The third kappa shape index (κ3) is 4.10. The van der Waals surface area contributed by atoms with Crippen molar-refractivity contribution in [3.63, 3.8) is 0 Å². The molecule has 2 rings (SSSR count).